The van der Waals surface area contributed by atoms with Crippen LogP contribution >= 0.6 is 0 Å². The predicted molar refractivity (Wildman–Crippen MR) is 63.7 cm³/mol. The van der Waals surface area contributed by atoms with Crippen LogP contribution in [0.2, 0.25) is 0 Å². The Bertz CT molecular complexity index is 422. The number of amidine groups is 1. The molecular formula is C11H16FN3O3. The second kappa shape index (κ2) is 6.90. The number of benzene rings is 1. The van der Waals surface area contributed by atoms with Gasteiger partial charge in [0.15, 0.2) is 5.84 Å². The third-order valence-electron chi connectivity index (χ3n) is 2.48. The molecule has 0 radical (unpaired) electrons. The summed E-state index contributed by atoms with van der Waals surface area (Å²) >= 11 is 0. The highest BCUT2D eigenvalue weighted by atomic mass is 19.1. The minimum atomic E-state index is -0.499. The summed E-state index contributed by atoms with van der Waals surface area (Å²) in [5, 5.41) is 32.1. The van der Waals surface area contributed by atoms with Gasteiger partial charge in [-0.1, -0.05) is 11.2 Å². The number of hydrogen-bond acceptors (Lipinski definition) is 5. The van der Waals surface area contributed by atoms with Crippen molar-refractivity contribution in [2.24, 2.45) is 10.9 Å². The first-order valence-corrected chi connectivity index (χ1v) is 5.33. The van der Waals surface area contributed by atoms with Gasteiger partial charge in [0.1, 0.15) is 5.82 Å². The Morgan fingerprint density at radius 1 is 1.39 bits per heavy atom. The van der Waals surface area contributed by atoms with Gasteiger partial charge in [-0.15, -0.1) is 0 Å². The Balaban J connectivity index is 2.88. The van der Waals surface area contributed by atoms with Gasteiger partial charge in [0.25, 0.3) is 0 Å². The summed E-state index contributed by atoms with van der Waals surface area (Å²) in [7, 11) is 0. The number of hydrogen-bond donors (Lipinski definition) is 5. The third-order valence-corrected chi connectivity index (χ3v) is 2.48. The molecular weight excluding hydrogens is 241 g/mol. The van der Waals surface area contributed by atoms with E-state index in [0.29, 0.717) is 5.56 Å². The average Bonchev–Trinajstić information content (AvgIpc) is 2.40. The largest absolute Gasteiger partial charge is 0.409 e. The van der Waals surface area contributed by atoms with Gasteiger partial charge >= 0.3 is 0 Å². The normalized spacial score (nSPS) is 12.1. The van der Waals surface area contributed by atoms with Gasteiger partial charge in [0, 0.05) is 12.1 Å². The Kier molecular flexibility index (Phi) is 5.50. The van der Waals surface area contributed by atoms with Crippen molar-refractivity contribution in [3.8, 4) is 0 Å². The summed E-state index contributed by atoms with van der Waals surface area (Å²) in [5.41, 5.74) is 6.30. The fraction of sp³-hybridized carbons (Fsp3) is 0.364. The van der Waals surface area contributed by atoms with E-state index in [2.05, 4.69) is 10.5 Å². The van der Waals surface area contributed by atoms with Crippen molar-refractivity contribution in [2.75, 3.05) is 13.2 Å². The first-order chi connectivity index (χ1) is 8.62. The first-order valence-electron chi connectivity index (χ1n) is 5.33. The van der Waals surface area contributed by atoms with Gasteiger partial charge in [0.2, 0.25) is 0 Å². The molecule has 18 heavy (non-hydrogen) atoms. The van der Waals surface area contributed by atoms with Crippen LogP contribution in [-0.2, 0) is 6.54 Å². The summed E-state index contributed by atoms with van der Waals surface area (Å²) in [4.78, 5) is 0. The molecule has 0 fully saturated rings. The van der Waals surface area contributed by atoms with Crippen LogP contribution in [-0.4, -0.2) is 40.5 Å². The standard InChI is InChI=1S/C11H16FN3O3/c12-8-2-1-7(4-14-9(5-16)6-17)10(3-8)11(13)15-18/h1-3,9,14,16-18H,4-6H2,(H2,13,15). The van der Waals surface area contributed by atoms with Gasteiger partial charge in [-0.3, -0.25) is 0 Å². The lowest BCUT2D eigenvalue weighted by Crippen LogP contribution is -2.35. The maximum absolute atomic E-state index is 13.1. The highest BCUT2D eigenvalue weighted by molar-refractivity contribution is 5.98. The van der Waals surface area contributed by atoms with Gasteiger partial charge < -0.3 is 26.5 Å². The van der Waals surface area contributed by atoms with Gasteiger partial charge in [-0.05, 0) is 17.7 Å². The van der Waals surface area contributed by atoms with E-state index in [9.17, 15) is 4.39 Å². The second-order valence-corrected chi connectivity index (χ2v) is 3.73. The highest BCUT2D eigenvalue weighted by Gasteiger charge is 2.11. The number of nitrogens with one attached hydrogen (secondary N) is 1. The lowest BCUT2D eigenvalue weighted by Gasteiger charge is -2.15. The fourth-order valence-electron chi connectivity index (χ4n) is 1.44. The van der Waals surface area contributed by atoms with Crippen molar-refractivity contribution in [1.29, 1.82) is 0 Å². The molecule has 6 N–H and O–H groups in total. The van der Waals surface area contributed by atoms with E-state index < -0.39 is 11.9 Å². The van der Waals surface area contributed by atoms with Crippen LogP contribution in [0.1, 0.15) is 11.1 Å². The quantitative estimate of drug-likeness (QED) is 0.201. The van der Waals surface area contributed by atoms with E-state index in [1.807, 2.05) is 0 Å². The predicted octanol–water partition coefficient (Wildman–Crippen LogP) is -0.637. The Morgan fingerprint density at radius 3 is 2.61 bits per heavy atom. The summed E-state index contributed by atoms with van der Waals surface area (Å²) in [6.45, 7) is -0.204. The molecule has 0 saturated heterocycles. The lowest BCUT2D eigenvalue weighted by atomic mass is 10.1. The molecule has 0 aliphatic heterocycles. The SMILES string of the molecule is NC(=NO)c1cc(F)ccc1CNC(CO)CO. The monoisotopic (exact) mass is 257 g/mol. The van der Waals surface area contributed by atoms with E-state index in [1.165, 1.54) is 12.1 Å². The van der Waals surface area contributed by atoms with Crippen LogP contribution in [0, 0.1) is 5.82 Å². The molecule has 0 spiro atoms. The van der Waals surface area contributed by atoms with Crippen molar-refractivity contribution in [3.05, 3.63) is 35.1 Å². The first kappa shape index (κ1) is 14.4. The van der Waals surface area contributed by atoms with Crippen LogP contribution in [0.15, 0.2) is 23.4 Å². The van der Waals surface area contributed by atoms with Crippen LogP contribution in [0.25, 0.3) is 0 Å². The zero-order chi connectivity index (χ0) is 13.5. The highest BCUT2D eigenvalue weighted by Crippen LogP contribution is 2.11. The van der Waals surface area contributed by atoms with E-state index in [-0.39, 0.29) is 31.2 Å². The van der Waals surface area contributed by atoms with Crippen molar-refractivity contribution >= 4 is 5.84 Å². The van der Waals surface area contributed by atoms with Gasteiger partial charge in [-0.2, -0.15) is 0 Å². The van der Waals surface area contributed by atoms with Gasteiger partial charge in [-0.25, -0.2) is 4.39 Å². The van der Waals surface area contributed by atoms with E-state index in [0.717, 1.165) is 6.07 Å². The molecule has 0 bridgehead atoms. The van der Waals surface area contributed by atoms with Crippen LogP contribution in [0.3, 0.4) is 0 Å². The molecule has 1 aromatic carbocycles. The molecule has 0 aromatic heterocycles. The van der Waals surface area contributed by atoms with Crippen molar-refractivity contribution in [2.45, 2.75) is 12.6 Å². The van der Waals surface area contributed by atoms with Crippen molar-refractivity contribution in [1.82, 2.24) is 5.32 Å². The molecule has 1 rings (SSSR count). The number of oxime groups is 1. The van der Waals surface area contributed by atoms with Crippen molar-refractivity contribution < 1.29 is 19.8 Å². The topological polar surface area (TPSA) is 111 Å². The smallest absolute Gasteiger partial charge is 0.170 e. The second-order valence-electron chi connectivity index (χ2n) is 3.73. The number of nitrogens with two attached hydrogens (primary N) is 1. The number of aliphatic hydroxyl groups excluding tert-OH is 2. The van der Waals surface area contributed by atoms with E-state index >= 15 is 0 Å². The molecule has 100 valence electrons. The van der Waals surface area contributed by atoms with Gasteiger partial charge in [0.05, 0.1) is 19.3 Å². The number of halogens is 1. The minimum absolute atomic E-state index is 0.198. The average molecular weight is 257 g/mol. The molecule has 0 aliphatic carbocycles. The molecule has 0 saturated carbocycles. The zero-order valence-corrected chi connectivity index (χ0v) is 9.67. The Labute approximate surface area is 104 Å². The zero-order valence-electron chi connectivity index (χ0n) is 9.67. The fourth-order valence-corrected chi connectivity index (χ4v) is 1.44. The van der Waals surface area contributed by atoms with E-state index in [4.69, 9.17) is 21.2 Å². The molecule has 6 nitrogen and oxygen atoms in total. The number of rotatable bonds is 6. The minimum Gasteiger partial charge on any atom is -0.409 e. The molecule has 0 atom stereocenters. The maximum atomic E-state index is 13.1. The van der Waals surface area contributed by atoms with Crippen LogP contribution in [0.5, 0.6) is 0 Å². The van der Waals surface area contributed by atoms with E-state index in [1.54, 1.807) is 0 Å². The summed E-state index contributed by atoms with van der Waals surface area (Å²) in [6.07, 6.45) is 0. The molecule has 1 aromatic rings. The van der Waals surface area contributed by atoms with Crippen LogP contribution < -0.4 is 11.1 Å². The number of aliphatic hydroxyl groups is 2. The molecule has 0 amide bonds. The Hall–Kier alpha value is -1.70. The Morgan fingerprint density at radius 2 is 2.06 bits per heavy atom. The lowest BCUT2D eigenvalue weighted by molar-refractivity contribution is 0.170. The number of nitrogens with zero attached hydrogens (tertiary/aromatic N) is 1. The summed E-state index contributed by atoms with van der Waals surface area (Å²) in [5.74, 6) is -0.697. The summed E-state index contributed by atoms with van der Waals surface area (Å²) < 4.78 is 13.1. The summed E-state index contributed by atoms with van der Waals surface area (Å²) in [6, 6.07) is 3.41. The van der Waals surface area contributed by atoms with Crippen LogP contribution in [0.4, 0.5) is 4.39 Å². The molecule has 0 aliphatic rings. The molecule has 0 unspecified atom stereocenters. The molecule has 7 heteroatoms. The molecule has 0 heterocycles. The van der Waals surface area contributed by atoms with Crippen molar-refractivity contribution in [3.63, 3.8) is 0 Å². The third kappa shape index (κ3) is 3.66. The maximum Gasteiger partial charge on any atom is 0.170 e.